The van der Waals surface area contributed by atoms with Gasteiger partial charge in [-0.3, -0.25) is 0 Å². The molecular weight excluding hydrogens is 150 g/mol. The fourth-order valence-electron chi connectivity index (χ4n) is 0.793. The van der Waals surface area contributed by atoms with Crippen LogP contribution in [0.5, 0.6) is 0 Å². The zero-order chi connectivity index (χ0) is 9.40. The molecule has 0 aromatic carbocycles. The largest absolute Gasteiger partial charge is 0.392 e. The van der Waals surface area contributed by atoms with Gasteiger partial charge in [-0.25, -0.2) is 0 Å². The molecule has 0 aromatic rings. The van der Waals surface area contributed by atoms with E-state index in [0.29, 0.717) is 0 Å². The predicted molar refractivity (Wildman–Crippen MR) is 49.4 cm³/mol. The molecule has 0 rings (SSSR count). The maximum Gasteiger partial charge on any atom is 0.0911 e. The summed E-state index contributed by atoms with van der Waals surface area (Å²) in [6.45, 7) is 3.95. The lowest BCUT2D eigenvalue weighted by Crippen LogP contribution is -1.84. The molecule has 0 saturated heterocycles. The highest BCUT2D eigenvalue weighted by Gasteiger charge is 1.88. The molecule has 12 heavy (non-hydrogen) atoms. The Morgan fingerprint density at radius 3 is 2.58 bits per heavy atom. The van der Waals surface area contributed by atoms with Gasteiger partial charge >= 0.3 is 0 Å². The van der Waals surface area contributed by atoms with E-state index in [4.69, 9.17) is 10.4 Å². The molecule has 0 aliphatic rings. The average molecular weight is 165 g/mol. The first-order chi connectivity index (χ1) is 5.70. The Hall–Kier alpha value is -1.07. The number of nitrogens with zero attached hydrogens (tertiary/aromatic N) is 1. The average Bonchev–Trinajstić information content (AvgIpc) is 2.04. The smallest absolute Gasteiger partial charge is 0.0911 e. The van der Waals surface area contributed by atoms with Gasteiger partial charge in [0.2, 0.25) is 0 Å². The van der Waals surface area contributed by atoms with Crippen molar-refractivity contribution in [2.24, 2.45) is 0 Å². The highest BCUT2D eigenvalue weighted by molar-refractivity contribution is 5.12. The molecule has 0 saturated carbocycles. The van der Waals surface area contributed by atoms with Crippen LogP contribution in [0, 0.1) is 11.3 Å². The quantitative estimate of drug-likeness (QED) is 0.512. The van der Waals surface area contributed by atoms with E-state index in [0.717, 1.165) is 24.0 Å². The van der Waals surface area contributed by atoms with Crippen molar-refractivity contribution in [3.05, 3.63) is 23.3 Å². The summed E-state index contributed by atoms with van der Waals surface area (Å²) >= 11 is 0. The SMILES string of the molecule is CC(=CCC/C(C)=C/C#N)CO. The third-order valence-electron chi connectivity index (χ3n) is 1.59. The summed E-state index contributed by atoms with van der Waals surface area (Å²) in [5.41, 5.74) is 2.07. The molecule has 0 aromatic heterocycles. The maximum absolute atomic E-state index is 8.67. The van der Waals surface area contributed by atoms with E-state index < -0.39 is 0 Å². The van der Waals surface area contributed by atoms with Crippen molar-refractivity contribution in [2.75, 3.05) is 6.61 Å². The highest BCUT2D eigenvalue weighted by Crippen LogP contribution is 2.05. The van der Waals surface area contributed by atoms with Gasteiger partial charge < -0.3 is 5.11 Å². The Balaban J connectivity index is 3.72. The van der Waals surface area contributed by atoms with Crippen molar-refractivity contribution in [1.29, 1.82) is 5.26 Å². The Morgan fingerprint density at radius 2 is 2.08 bits per heavy atom. The molecular formula is C10H15NO. The highest BCUT2D eigenvalue weighted by atomic mass is 16.3. The topological polar surface area (TPSA) is 44.0 Å². The van der Waals surface area contributed by atoms with Gasteiger partial charge in [-0.1, -0.05) is 17.2 Å². The first-order valence-corrected chi connectivity index (χ1v) is 4.02. The lowest BCUT2D eigenvalue weighted by molar-refractivity contribution is 0.331. The summed E-state index contributed by atoms with van der Waals surface area (Å²) in [5, 5.41) is 17.0. The minimum absolute atomic E-state index is 0.126. The molecule has 2 nitrogen and oxygen atoms in total. The van der Waals surface area contributed by atoms with E-state index in [9.17, 15) is 0 Å². The van der Waals surface area contributed by atoms with E-state index in [1.165, 1.54) is 0 Å². The fourth-order valence-corrected chi connectivity index (χ4v) is 0.793. The van der Waals surface area contributed by atoms with Crippen LogP contribution in [-0.4, -0.2) is 11.7 Å². The number of nitriles is 1. The zero-order valence-electron chi connectivity index (χ0n) is 7.67. The minimum Gasteiger partial charge on any atom is -0.392 e. The minimum atomic E-state index is 0.126. The fraction of sp³-hybridized carbons (Fsp3) is 0.500. The van der Waals surface area contributed by atoms with Crippen LogP contribution in [0.15, 0.2) is 23.3 Å². The Morgan fingerprint density at radius 1 is 1.42 bits per heavy atom. The summed E-state index contributed by atoms with van der Waals surface area (Å²) in [4.78, 5) is 0. The second-order valence-electron chi connectivity index (χ2n) is 2.87. The van der Waals surface area contributed by atoms with Crippen LogP contribution < -0.4 is 0 Å². The lowest BCUT2D eigenvalue weighted by Gasteiger charge is -1.96. The second kappa shape index (κ2) is 6.63. The second-order valence-corrected chi connectivity index (χ2v) is 2.87. The number of hydrogen-bond acceptors (Lipinski definition) is 2. The van der Waals surface area contributed by atoms with Crippen molar-refractivity contribution in [2.45, 2.75) is 26.7 Å². The number of aliphatic hydroxyl groups is 1. The van der Waals surface area contributed by atoms with Crippen LogP contribution in [0.4, 0.5) is 0 Å². The lowest BCUT2D eigenvalue weighted by atomic mass is 10.1. The van der Waals surface area contributed by atoms with Gasteiger partial charge in [-0.05, 0) is 26.7 Å². The van der Waals surface area contributed by atoms with Gasteiger partial charge in [0.1, 0.15) is 0 Å². The molecule has 0 amide bonds. The zero-order valence-corrected chi connectivity index (χ0v) is 7.67. The molecule has 2 heteroatoms. The van der Waals surface area contributed by atoms with E-state index in [1.807, 2.05) is 26.0 Å². The molecule has 0 fully saturated rings. The molecule has 0 heterocycles. The Labute approximate surface area is 73.8 Å². The van der Waals surface area contributed by atoms with Gasteiger partial charge in [-0.2, -0.15) is 5.26 Å². The first-order valence-electron chi connectivity index (χ1n) is 4.02. The van der Waals surface area contributed by atoms with Crippen molar-refractivity contribution in [3.63, 3.8) is 0 Å². The van der Waals surface area contributed by atoms with E-state index in [2.05, 4.69) is 0 Å². The molecule has 0 bridgehead atoms. The summed E-state index contributed by atoms with van der Waals surface area (Å²) in [6.07, 6.45) is 5.35. The summed E-state index contributed by atoms with van der Waals surface area (Å²) in [7, 11) is 0. The van der Waals surface area contributed by atoms with Crippen molar-refractivity contribution >= 4 is 0 Å². The van der Waals surface area contributed by atoms with Gasteiger partial charge in [0.05, 0.1) is 12.7 Å². The first kappa shape index (κ1) is 10.9. The summed E-state index contributed by atoms with van der Waals surface area (Å²) in [6, 6.07) is 1.99. The van der Waals surface area contributed by atoms with Gasteiger partial charge in [0, 0.05) is 6.08 Å². The molecule has 0 atom stereocenters. The van der Waals surface area contributed by atoms with E-state index in [1.54, 1.807) is 6.08 Å². The summed E-state index contributed by atoms with van der Waals surface area (Å²) in [5.74, 6) is 0. The van der Waals surface area contributed by atoms with Crippen molar-refractivity contribution in [1.82, 2.24) is 0 Å². The van der Waals surface area contributed by atoms with Gasteiger partial charge in [0.15, 0.2) is 0 Å². The molecule has 0 radical (unpaired) electrons. The molecule has 0 unspecified atom stereocenters. The molecule has 0 spiro atoms. The van der Waals surface area contributed by atoms with E-state index >= 15 is 0 Å². The number of hydrogen-bond donors (Lipinski definition) is 1. The van der Waals surface area contributed by atoms with Crippen LogP contribution >= 0.6 is 0 Å². The summed E-state index contributed by atoms with van der Waals surface area (Å²) < 4.78 is 0. The maximum atomic E-state index is 8.67. The molecule has 0 aliphatic carbocycles. The van der Waals surface area contributed by atoms with E-state index in [-0.39, 0.29) is 6.61 Å². The Bertz CT molecular complexity index is 220. The number of rotatable bonds is 4. The van der Waals surface area contributed by atoms with Crippen LogP contribution in [0.1, 0.15) is 26.7 Å². The monoisotopic (exact) mass is 165 g/mol. The van der Waals surface area contributed by atoms with Crippen LogP contribution in [0.25, 0.3) is 0 Å². The van der Waals surface area contributed by atoms with Crippen molar-refractivity contribution in [3.8, 4) is 6.07 Å². The molecule has 66 valence electrons. The number of aliphatic hydroxyl groups excluding tert-OH is 1. The van der Waals surface area contributed by atoms with Gasteiger partial charge in [0.25, 0.3) is 0 Å². The third kappa shape index (κ3) is 5.70. The van der Waals surface area contributed by atoms with Gasteiger partial charge in [-0.15, -0.1) is 0 Å². The molecule has 1 N–H and O–H groups in total. The normalized spacial score (nSPS) is 12.8. The standard InChI is InChI=1S/C10H15NO/c1-9(6-7-11)4-3-5-10(2)8-12/h5-6,12H,3-4,8H2,1-2H3/b9-6+,10-5?. The van der Waals surface area contributed by atoms with Crippen LogP contribution in [0.2, 0.25) is 0 Å². The van der Waals surface area contributed by atoms with Crippen LogP contribution in [0.3, 0.4) is 0 Å². The predicted octanol–water partition coefficient (Wildman–Crippen LogP) is 2.18. The number of allylic oxidation sites excluding steroid dienone is 3. The third-order valence-corrected chi connectivity index (χ3v) is 1.59. The van der Waals surface area contributed by atoms with Crippen LogP contribution in [-0.2, 0) is 0 Å². The van der Waals surface area contributed by atoms with Crippen molar-refractivity contribution < 1.29 is 5.11 Å². The Kier molecular flexibility index (Phi) is 6.04. The molecule has 0 aliphatic heterocycles.